The lowest BCUT2D eigenvalue weighted by Gasteiger charge is -2.04. The Kier molecular flexibility index (Phi) is 3.13. The first-order chi connectivity index (χ1) is 7.58. The number of aryl methyl sites for hydroxylation is 1. The highest BCUT2D eigenvalue weighted by molar-refractivity contribution is 14.1. The van der Waals surface area contributed by atoms with Crippen LogP contribution in [0.3, 0.4) is 0 Å². The molecule has 1 aromatic carbocycles. The fourth-order valence-electron chi connectivity index (χ4n) is 1.46. The molecule has 0 atom stereocenters. The number of anilines is 1. The Labute approximate surface area is 107 Å². The van der Waals surface area contributed by atoms with Crippen LogP contribution in [0.2, 0.25) is 0 Å². The number of hydrogen-bond donors (Lipinski definition) is 1. The van der Waals surface area contributed by atoms with Crippen LogP contribution in [0.25, 0.3) is 0 Å². The Balaban J connectivity index is 2.27. The van der Waals surface area contributed by atoms with Gasteiger partial charge in [-0.2, -0.15) is 5.10 Å². The number of hydrogen-bond acceptors (Lipinski definition) is 2. The molecule has 1 aromatic heterocycles. The second kappa shape index (κ2) is 4.40. The highest BCUT2D eigenvalue weighted by Gasteiger charge is 2.09. The van der Waals surface area contributed by atoms with E-state index in [9.17, 15) is 4.39 Å². The summed E-state index contributed by atoms with van der Waals surface area (Å²) < 4.78 is 15.4. The van der Waals surface area contributed by atoms with Crippen LogP contribution in [0.4, 0.5) is 10.2 Å². The zero-order valence-corrected chi connectivity index (χ0v) is 10.9. The summed E-state index contributed by atoms with van der Waals surface area (Å²) in [5.74, 6) is 0.422. The normalized spacial score (nSPS) is 10.7. The van der Waals surface area contributed by atoms with E-state index in [4.69, 9.17) is 5.73 Å². The van der Waals surface area contributed by atoms with Gasteiger partial charge in [-0.25, -0.2) is 9.07 Å². The molecule has 2 rings (SSSR count). The van der Waals surface area contributed by atoms with Crippen LogP contribution < -0.4 is 5.73 Å². The monoisotopic (exact) mass is 331 g/mol. The smallest absolute Gasteiger partial charge is 0.135 e. The fourth-order valence-corrected chi connectivity index (χ4v) is 1.85. The van der Waals surface area contributed by atoms with Gasteiger partial charge in [0.1, 0.15) is 11.6 Å². The molecule has 0 radical (unpaired) electrons. The number of nitrogens with two attached hydrogens (primary N) is 1. The number of nitrogen functional groups attached to an aromatic ring is 1. The number of nitrogens with zero attached hydrogens (tertiary/aromatic N) is 2. The van der Waals surface area contributed by atoms with Crippen LogP contribution in [-0.4, -0.2) is 9.78 Å². The Morgan fingerprint density at radius 3 is 2.50 bits per heavy atom. The van der Waals surface area contributed by atoms with Crippen LogP contribution in [0, 0.1) is 16.3 Å². The van der Waals surface area contributed by atoms with Crippen molar-refractivity contribution in [1.82, 2.24) is 9.78 Å². The van der Waals surface area contributed by atoms with Crippen molar-refractivity contribution in [2.24, 2.45) is 0 Å². The summed E-state index contributed by atoms with van der Waals surface area (Å²) >= 11 is 2.17. The molecule has 0 aliphatic carbocycles. The van der Waals surface area contributed by atoms with E-state index >= 15 is 0 Å². The molecule has 0 aliphatic rings. The SMILES string of the molecule is Cc1nn(Cc2ccc(F)cc2)c(N)c1I. The molecule has 0 saturated heterocycles. The Bertz CT molecular complexity index is 505. The number of benzene rings is 1. The van der Waals surface area contributed by atoms with E-state index in [1.54, 1.807) is 16.8 Å². The van der Waals surface area contributed by atoms with Crippen molar-refractivity contribution in [3.8, 4) is 0 Å². The molecule has 16 heavy (non-hydrogen) atoms. The average Bonchev–Trinajstić information content (AvgIpc) is 2.50. The second-order valence-electron chi connectivity index (χ2n) is 3.57. The van der Waals surface area contributed by atoms with E-state index in [0.717, 1.165) is 14.8 Å². The summed E-state index contributed by atoms with van der Waals surface area (Å²) in [6, 6.07) is 6.34. The fraction of sp³-hybridized carbons (Fsp3) is 0.182. The Morgan fingerprint density at radius 1 is 1.38 bits per heavy atom. The first-order valence-corrected chi connectivity index (χ1v) is 5.88. The minimum Gasteiger partial charge on any atom is -0.383 e. The second-order valence-corrected chi connectivity index (χ2v) is 4.65. The van der Waals surface area contributed by atoms with Crippen LogP contribution in [0.15, 0.2) is 24.3 Å². The van der Waals surface area contributed by atoms with Gasteiger partial charge in [0, 0.05) is 0 Å². The highest BCUT2D eigenvalue weighted by Crippen LogP contribution is 2.19. The van der Waals surface area contributed by atoms with Crippen molar-refractivity contribution in [3.05, 3.63) is 44.9 Å². The maximum Gasteiger partial charge on any atom is 0.135 e. The maximum atomic E-state index is 12.7. The minimum absolute atomic E-state index is 0.233. The number of rotatable bonds is 2. The van der Waals surface area contributed by atoms with E-state index in [1.807, 2.05) is 6.92 Å². The van der Waals surface area contributed by atoms with E-state index in [2.05, 4.69) is 27.7 Å². The summed E-state index contributed by atoms with van der Waals surface area (Å²) in [4.78, 5) is 0. The lowest BCUT2D eigenvalue weighted by atomic mass is 10.2. The quantitative estimate of drug-likeness (QED) is 0.860. The molecular weight excluding hydrogens is 320 g/mol. The molecule has 0 spiro atoms. The largest absolute Gasteiger partial charge is 0.383 e. The molecule has 0 bridgehead atoms. The summed E-state index contributed by atoms with van der Waals surface area (Å²) in [6.07, 6.45) is 0. The predicted molar refractivity (Wildman–Crippen MR) is 69.6 cm³/mol. The maximum absolute atomic E-state index is 12.7. The lowest BCUT2D eigenvalue weighted by Crippen LogP contribution is -2.06. The van der Waals surface area contributed by atoms with E-state index < -0.39 is 0 Å². The van der Waals surface area contributed by atoms with Crippen molar-refractivity contribution in [2.75, 3.05) is 5.73 Å². The third-order valence-electron chi connectivity index (χ3n) is 2.34. The Morgan fingerprint density at radius 2 is 2.00 bits per heavy atom. The molecular formula is C11H11FIN3. The topological polar surface area (TPSA) is 43.8 Å². The van der Waals surface area contributed by atoms with Gasteiger partial charge >= 0.3 is 0 Å². The molecule has 0 aliphatic heterocycles. The molecule has 2 aromatic rings. The first-order valence-electron chi connectivity index (χ1n) is 4.81. The van der Waals surface area contributed by atoms with E-state index in [0.29, 0.717) is 12.4 Å². The van der Waals surface area contributed by atoms with Gasteiger partial charge in [0.15, 0.2) is 0 Å². The van der Waals surface area contributed by atoms with E-state index in [1.165, 1.54) is 12.1 Å². The van der Waals surface area contributed by atoms with Crippen molar-refractivity contribution in [3.63, 3.8) is 0 Å². The summed E-state index contributed by atoms with van der Waals surface area (Å²) in [5, 5.41) is 4.32. The standard InChI is InChI=1S/C11H11FIN3/c1-7-10(13)11(14)16(15-7)6-8-2-4-9(12)5-3-8/h2-5H,6,14H2,1H3. The number of halogens is 2. The average molecular weight is 331 g/mol. The predicted octanol–water partition coefficient (Wildman–Crippen LogP) is 2.57. The Hall–Kier alpha value is -1.11. The molecule has 0 saturated carbocycles. The van der Waals surface area contributed by atoms with Gasteiger partial charge in [-0.05, 0) is 47.2 Å². The van der Waals surface area contributed by atoms with Crippen molar-refractivity contribution in [1.29, 1.82) is 0 Å². The van der Waals surface area contributed by atoms with Gasteiger partial charge < -0.3 is 5.73 Å². The summed E-state index contributed by atoms with van der Waals surface area (Å²) in [6.45, 7) is 2.48. The highest BCUT2D eigenvalue weighted by atomic mass is 127. The zero-order chi connectivity index (χ0) is 11.7. The molecule has 0 amide bonds. The zero-order valence-electron chi connectivity index (χ0n) is 8.74. The van der Waals surface area contributed by atoms with Gasteiger partial charge in [0.2, 0.25) is 0 Å². The van der Waals surface area contributed by atoms with Crippen LogP contribution in [0.1, 0.15) is 11.3 Å². The molecule has 5 heteroatoms. The van der Waals surface area contributed by atoms with Gasteiger partial charge in [0.25, 0.3) is 0 Å². The van der Waals surface area contributed by atoms with Gasteiger partial charge in [0.05, 0.1) is 15.8 Å². The van der Waals surface area contributed by atoms with E-state index in [-0.39, 0.29) is 5.82 Å². The first kappa shape index (κ1) is 11.4. The van der Waals surface area contributed by atoms with Crippen LogP contribution in [0.5, 0.6) is 0 Å². The molecule has 1 heterocycles. The van der Waals surface area contributed by atoms with Crippen molar-refractivity contribution < 1.29 is 4.39 Å². The molecule has 84 valence electrons. The number of aromatic nitrogens is 2. The molecule has 2 N–H and O–H groups in total. The molecule has 0 unspecified atom stereocenters. The van der Waals surface area contributed by atoms with Crippen molar-refractivity contribution >= 4 is 28.4 Å². The van der Waals surface area contributed by atoms with Gasteiger partial charge in [-0.3, -0.25) is 0 Å². The summed E-state index contributed by atoms with van der Waals surface area (Å²) in [5.41, 5.74) is 7.80. The summed E-state index contributed by atoms with van der Waals surface area (Å²) in [7, 11) is 0. The van der Waals surface area contributed by atoms with Crippen molar-refractivity contribution in [2.45, 2.75) is 13.5 Å². The lowest BCUT2D eigenvalue weighted by molar-refractivity contribution is 0.624. The minimum atomic E-state index is -0.233. The molecule has 3 nitrogen and oxygen atoms in total. The molecule has 0 fully saturated rings. The third-order valence-corrected chi connectivity index (χ3v) is 3.67. The van der Waals surface area contributed by atoms with Crippen LogP contribution in [-0.2, 0) is 6.54 Å². The van der Waals surface area contributed by atoms with Crippen LogP contribution >= 0.6 is 22.6 Å². The van der Waals surface area contributed by atoms with Gasteiger partial charge in [-0.1, -0.05) is 12.1 Å². The third kappa shape index (κ3) is 2.18. The van der Waals surface area contributed by atoms with Gasteiger partial charge in [-0.15, -0.1) is 0 Å².